The highest BCUT2D eigenvalue weighted by Gasteiger charge is 2.11. The lowest BCUT2D eigenvalue weighted by molar-refractivity contribution is -0.384. The number of rotatable bonds is 5. The highest BCUT2D eigenvalue weighted by Crippen LogP contribution is 2.17. The Hall–Kier alpha value is -3.88. The lowest BCUT2D eigenvalue weighted by atomic mass is 10.1. The maximum atomic E-state index is 13.0. The molecule has 1 aromatic heterocycles. The van der Waals surface area contributed by atoms with Gasteiger partial charge in [0.25, 0.3) is 11.2 Å². The molecule has 0 radical (unpaired) electrons. The highest BCUT2D eigenvalue weighted by molar-refractivity contribution is 5.90. The second kappa shape index (κ2) is 7.56. The summed E-state index contributed by atoms with van der Waals surface area (Å²) in [5.74, 6) is -0.968. The Morgan fingerprint density at radius 1 is 1.15 bits per heavy atom. The standard InChI is InChI=1S/C18H13FN4O4/c19-13-6-4-12(5-7-13)16-8-9-18(25)22(21-16)11-17(24)20-14-2-1-3-15(10-14)23(26)27/h1-10H,11H2,(H,20,24). The van der Waals surface area contributed by atoms with Crippen LogP contribution >= 0.6 is 0 Å². The lowest BCUT2D eigenvalue weighted by Gasteiger charge is -2.08. The normalized spacial score (nSPS) is 10.4. The number of nitro benzene ring substituents is 1. The average Bonchev–Trinajstić information content (AvgIpc) is 2.64. The second-order valence-corrected chi connectivity index (χ2v) is 5.58. The molecule has 27 heavy (non-hydrogen) atoms. The number of amides is 1. The van der Waals surface area contributed by atoms with Gasteiger partial charge in [0, 0.05) is 29.4 Å². The van der Waals surface area contributed by atoms with E-state index in [9.17, 15) is 24.1 Å². The minimum absolute atomic E-state index is 0.165. The van der Waals surface area contributed by atoms with E-state index < -0.39 is 22.2 Å². The first kappa shape index (κ1) is 17.9. The molecule has 0 saturated carbocycles. The minimum atomic E-state index is -0.576. The van der Waals surface area contributed by atoms with Crippen LogP contribution in [0.15, 0.2) is 65.5 Å². The van der Waals surface area contributed by atoms with E-state index in [0.29, 0.717) is 11.3 Å². The number of aromatic nitrogens is 2. The third kappa shape index (κ3) is 4.40. The Bertz CT molecular complexity index is 1060. The molecule has 0 unspecified atom stereocenters. The van der Waals surface area contributed by atoms with E-state index in [1.807, 2.05) is 0 Å². The highest BCUT2D eigenvalue weighted by atomic mass is 19.1. The van der Waals surface area contributed by atoms with Crippen molar-refractivity contribution < 1.29 is 14.1 Å². The van der Waals surface area contributed by atoms with Gasteiger partial charge >= 0.3 is 0 Å². The fourth-order valence-corrected chi connectivity index (χ4v) is 2.37. The number of non-ortho nitro benzene ring substituents is 1. The van der Waals surface area contributed by atoms with Crippen molar-refractivity contribution in [2.75, 3.05) is 5.32 Å². The van der Waals surface area contributed by atoms with Gasteiger partial charge in [-0.25, -0.2) is 9.07 Å². The van der Waals surface area contributed by atoms with Crippen molar-refractivity contribution in [1.82, 2.24) is 9.78 Å². The molecule has 1 amide bonds. The second-order valence-electron chi connectivity index (χ2n) is 5.58. The van der Waals surface area contributed by atoms with Crippen LogP contribution in [0.25, 0.3) is 11.3 Å². The van der Waals surface area contributed by atoms with Gasteiger partial charge in [-0.15, -0.1) is 0 Å². The number of carbonyl (C=O) groups is 1. The Morgan fingerprint density at radius 2 is 1.89 bits per heavy atom. The lowest BCUT2D eigenvalue weighted by Crippen LogP contribution is -2.29. The van der Waals surface area contributed by atoms with Crippen molar-refractivity contribution in [2.24, 2.45) is 0 Å². The molecule has 0 aliphatic heterocycles. The van der Waals surface area contributed by atoms with Crippen molar-refractivity contribution in [3.8, 4) is 11.3 Å². The summed E-state index contributed by atoms with van der Waals surface area (Å²) < 4.78 is 14.0. The van der Waals surface area contributed by atoms with Gasteiger partial charge in [0.1, 0.15) is 12.4 Å². The number of anilines is 1. The number of nitro groups is 1. The van der Waals surface area contributed by atoms with E-state index in [-0.39, 0.29) is 17.9 Å². The quantitative estimate of drug-likeness (QED) is 0.550. The Labute approximate surface area is 152 Å². The van der Waals surface area contributed by atoms with E-state index in [4.69, 9.17) is 0 Å². The number of carbonyl (C=O) groups excluding carboxylic acids is 1. The Balaban J connectivity index is 1.78. The molecule has 0 aliphatic rings. The van der Waals surface area contributed by atoms with Crippen LogP contribution in [0, 0.1) is 15.9 Å². The van der Waals surface area contributed by atoms with Crippen molar-refractivity contribution in [2.45, 2.75) is 6.54 Å². The van der Waals surface area contributed by atoms with Gasteiger partial charge < -0.3 is 5.32 Å². The van der Waals surface area contributed by atoms with E-state index >= 15 is 0 Å². The molecule has 2 aromatic carbocycles. The first-order chi connectivity index (χ1) is 12.9. The molecule has 136 valence electrons. The van der Waals surface area contributed by atoms with Gasteiger partial charge in [-0.1, -0.05) is 6.07 Å². The first-order valence-electron chi connectivity index (χ1n) is 7.81. The molecule has 3 aromatic rings. The van der Waals surface area contributed by atoms with Crippen LogP contribution < -0.4 is 10.9 Å². The average molecular weight is 368 g/mol. The number of nitrogens with zero attached hydrogens (tertiary/aromatic N) is 3. The van der Waals surface area contributed by atoms with Gasteiger partial charge in [-0.2, -0.15) is 5.10 Å². The zero-order valence-electron chi connectivity index (χ0n) is 13.8. The summed E-state index contributed by atoms with van der Waals surface area (Å²) in [4.78, 5) is 34.3. The van der Waals surface area contributed by atoms with Crippen molar-refractivity contribution in [1.29, 1.82) is 0 Å². The van der Waals surface area contributed by atoms with Crippen LogP contribution in [-0.2, 0) is 11.3 Å². The SMILES string of the molecule is O=C(Cn1nc(-c2ccc(F)cc2)ccc1=O)Nc1cccc([N+](=O)[O-])c1. The van der Waals surface area contributed by atoms with Gasteiger partial charge in [-0.05, 0) is 36.4 Å². The summed E-state index contributed by atoms with van der Waals surface area (Å²) in [6.45, 7) is -0.378. The van der Waals surface area contributed by atoms with Crippen LogP contribution in [-0.4, -0.2) is 20.6 Å². The maximum absolute atomic E-state index is 13.0. The molecule has 0 fully saturated rings. The molecule has 0 aliphatic carbocycles. The predicted molar refractivity (Wildman–Crippen MR) is 95.6 cm³/mol. The zero-order chi connectivity index (χ0) is 19.4. The largest absolute Gasteiger partial charge is 0.324 e. The molecular weight excluding hydrogens is 355 g/mol. The summed E-state index contributed by atoms with van der Waals surface area (Å²) >= 11 is 0. The van der Waals surface area contributed by atoms with E-state index in [1.165, 1.54) is 60.7 Å². The molecule has 1 N–H and O–H groups in total. The van der Waals surface area contributed by atoms with Gasteiger partial charge in [-0.3, -0.25) is 19.7 Å². The Kier molecular flexibility index (Phi) is 5.02. The fraction of sp³-hybridized carbons (Fsp3) is 0.0556. The molecule has 3 rings (SSSR count). The summed E-state index contributed by atoms with van der Waals surface area (Å²) in [7, 11) is 0. The molecular formula is C18H13FN4O4. The first-order valence-corrected chi connectivity index (χ1v) is 7.81. The summed E-state index contributed by atoms with van der Waals surface area (Å²) in [5, 5.41) is 17.4. The summed E-state index contributed by atoms with van der Waals surface area (Å²) in [6, 6.07) is 13.7. The fourth-order valence-electron chi connectivity index (χ4n) is 2.37. The predicted octanol–water partition coefficient (Wildman–Crippen LogP) is 2.60. The van der Waals surface area contributed by atoms with Gasteiger partial charge in [0.05, 0.1) is 10.6 Å². The van der Waals surface area contributed by atoms with E-state index in [0.717, 1.165) is 4.68 Å². The van der Waals surface area contributed by atoms with Crippen LogP contribution in [0.3, 0.4) is 0 Å². The summed E-state index contributed by atoms with van der Waals surface area (Å²) in [5.41, 5.74) is 0.565. The molecule has 0 spiro atoms. The number of benzene rings is 2. The number of hydrogen-bond donors (Lipinski definition) is 1. The molecule has 0 atom stereocenters. The van der Waals surface area contributed by atoms with Crippen molar-refractivity contribution in [3.63, 3.8) is 0 Å². The third-order valence-corrected chi connectivity index (χ3v) is 3.64. The molecule has 0 bridgehead atoms. The van der Waals surface area contributed by atoms with Crippen molar-refractivity contribution >= 4 is 17.3 Å². The molecule has 0 saturated heterocycles. The molecule has 8 nitrogen and oxygen atoms in total. The van der Waals surface area contributed by atoms with Crippen LogP contribution in [0.4, 0.5) is 15.8 Å². The zero-order valence-corrected chi connectivity index (χ0v) is 13.8. The van der Waals surface area contributed by atoms with Gasteiger partial charge in [0.2, 0.25) is 5.91 Å². The van der Waals surface area contributed by atoms with Gasteiger partial charge in [0.15, 0.2) is 0 Å². The Morgan fingerprint density at radius 3 is 2.59 bits per heavy atom. The summed E-state index contributed by atoms with van der Waals surface area (Å²) in [6.07, 6.45) is 0. The van der Waals surface area contributed by atoms with E-state index in [1.54, 1.807) is 0 Å². The minimum Gasteiger partial charge on any atom is -0.324 e. The van der Waals surface area contributed by atoms with Crippen LogP contribution in [0.1, 0.15) is 0 Å². The monoisotopic (exact) mass is 368 g/mol. The van der Waals surface area contributed by atoms with Crippen LogP contribution in [0.2, 0.25) is 0 Å². The van der Waals surface area contributed by atoms with Crippen molar-refractivity contribution in [3.05, 3.63) is 86.9 Å². The van der Waals surface area contributed by atoms with Crippen LogP contribution in [0.5, 0.6) is 0 Å². The molecule has 1 heterocycles. The third-order valence-electron chi connectivity index (χ3n) is 3.64. The maximum Gasteiger partial charge on any atom is 0.271 e. The number of hydrogen-bond acceptors (Lipinski definition) is 5. The number of nitrogens with one attached hydrogen (secondary N) is 1. The van der Waals surface area contributed by atoms with E-state index in [2.05, 4.69) is 10.4 Å². The topological polar surface area (TPSA) is 107 Å². The number of halogens is 1. The molecule has 9 heteroatoms. The smallest absolute Gasteiger partial charge is 0.271 e.